The minimum atomic E-state index is 0.414. The fraction of sp³-hybridized carbons (Fsp3) is 0.455. The van der Waals surface area contributed by atoms with Gasteiger partial charge in [0.05, 0.1) is 35.7 Å². The molecule has 0 bridgehead atoms. The molecule has 2 heterocycles. The van der Waals surface area contributed by atoms with Crippen LogP contribution in [0.3, 0.4) is 0 Å². The number of para-hydroxylation sites is 1. The second-order valence-electron chi connectivity index (χ2n) is 4.63. The van der Waals surface area contributed by atoms with Crippen molar-refractivity contribution in [2.24, 2.45) is 5.41 Å². The van der Waals surface area contributed by atoms with Crippen LogP contribution in [0.25, 0.3) is 0 Å². The van der Waals surface area contributed by atoms with E-state index in [1.54, 1.807) is 0 Å². The second kappa shape index (κ2) is 2.79. The Morgan fingerprint density at radius 2 is 1.93 bits per heavy atom. The average molecular weight is 205 g/mol. The minimum Gasteiger partial charge on any atom is -0.397 e. The highest BCUT2D eigenvalue weighted by Gasteiger charge is 2.49. The van der Waals surface area contributed by atoms with Crippen molar-refractivity contribution in [1.29, 1.82) is 0 Å². The summed E-state index contributed by atoms with van der Waals surface area (Å²) in [6.45, 7) is 3.87. The third kappa shape index (κ3) is 1.18. The molecule has 1 aromatic carbocycles. The summed E-state index contributed by atoms with van der Waals surface area (Å²) in [4.78, 5) is 2.27. The number of nitrogen functional groups attached to an aromatic ring is 2. The van der Waals surface area contributed by atoms with Crippen LogP contribution in [-0.2, 0) is 4.74 Å². The molecule has 2 saturated heterocycles. The van der Waals surface area contributed by atoms with Gasteiger partial charge in [-0.3, -0.25) is 0 Å². The molecule has 15 heavy (non-hydrogen) atoms. The monoisotopic (exact) mass is 205 g/mol. The van der Waals surface area contributed by atoms with Crippen LogP contribution < -0.4 is 16.4 Å². The van der Waals surface area contributed by atoms with E-state index in [0.717, 1.165) is 32.0 Å². The van der Waals surface area contributed by atoms with Crippen LogP contribution in [0.2, 0.25) is 0 Å². The number of benzene rings is 1. The van der Waals surface area contributed by atoms with E-state index >= 15 is 0 Å². The fourth-order valence-electron chi connectivity index (χ4n) is 2.35. The molecule has 2 aliphatic heterocycles. The van der Waals surface area contributed by atoms with Crippen molar-refractivity contribution < 1.29 is 4.74 Å². The lowest BCUT2D eigenvalue weighted by Crippen LogP contribution is -2.66. The highest BCUT2D eigenvalue weighted by molar-refractivity contribution is 5.80. The first-order chi connectivity index (χ1) is 7.20. The first kappa shape index (κ1) is 8.85. The number of nitrogens with two attached hydrogens (primary N) is 2. The third-order valence-electron chi connectivity index (χ3n) is 3.33. The summed E-state index contributed by atoms with van der Waals surface area (Å²) < 4.78 is 5.24. The predicted molar refractivity (Wildman–Crippen MR) is 60.7 cm³/mol. The summed E-state index contributed by atoms with van der Waals surface area (Å²) in [5, 5.41) is 0. The molecule has 0 unspecified atom stereocenters. The Labute approximate surface area is 88.8 Å². The number of rotatable bonds is 1. The molecule has 4 N–H and O–H groups in total. The largest absolute Gasteiger partial charge is 0.397 e. The molecule has 3 rings (SSSR count). The highest BCUT2D eigenvalue weighted by Crippen LogP contribution is 2.42. The Bertz CT molecular complexity index is 393. The van der Waals surface area contributed by atoms with E-state index in [0.29, 0.717) is 16.8 Å². The maximum absolute atomic E-state index is 5.94. The summed E-state index contributed by atoms with van der Waals surface area (Å²) in [5.41, 5.74) is 14.6. The van der Waals surface area contributed by atoms with Gasteiger partial charge < -0.3 is 21.1 Å². The molecule has 1 aromatic rings. The van der Waals surface area contributed by atoms with Crippen molar-refractivity contribution >= 4 is 17.1 Å². The molecular weight excluding hydrogens is 190 g/mol. The van der Waals surface area contributed by atoms with Crippen LogP contribution in [-0.4, -0.2) is 26.3 Å². The van der Waals surface area contributed by atoms with Gasteiger partial charge in [-0.2, -0.15) is 0 Å². The highest BCUT2D eigenvalue weighted by atomic mass is 16.5. The Morgan fingerprint density at radius 3 is 2.53 bits per heavy atom. The van der Waals surface area contributed by atoms with Gasteiger partial charge in [-0.15, -0.1) is 0 Å². The van der Waals surface area contributed by atoms with Gasteiger partial charge >= 0.3 is 0 Å². The van der Waals surface area contributed by atoms with Crippen molar-refractivity contribution in [1.82, 2.24) is 0 Å². The normalized spacial score (nSPS) is 22.3. The molecule has 0 atom stereocenters. The van der Waals surface area contributed by atoms with Crippen LogP contribution in [0.4, 0.5) is 17.1 Å². The molecule has 0 amide bonds. The smallest absolute Gasteiger partial charge is 0.0785 e. The molecule has 2 fully saturated rings. The summed E-state index contributed by atoms with van der Waals surface area (Å²) in [6, 6.07) is 5.81. The van der Waals surface area contributed by atoms with E-state index in [1.807, 2.05) is 18.2 Å². The summed E-state index contributed by atoms with van der Waals surface area (Å²) in [7, 11) is 0. The van der Waals surface area contributed by atoms with Crippen LogP contribution >= 0.6 is 0 Å². The number of hydrogen-bond acceptors (Lipinski definition) is 4. The quantitative estimate of drug-likeness (QED) is 0.662. The van der Waals surface area contributed by atoms with Gasteiger partial charge in [0.2, 0.25) is 0 Å². The summed E-state index contributed by atoms with van der Waals surface area (Å²) in [6.07, 6.45) is 0. The zero-order valence-corrected chi connectivity index (χ0v) is 8.57. The summed E-state index contributed by atoms with van der Waals surface area (Å²) in [5.74, 6) is 0. The SMILES string of the molecule is Nc1cccc(N2CC3(COC3)C2)c1N. The maximum Gasteiger partial charge on any atom is 0.0785 e. The Kier molecular flexibility index (Phi) is 1.65. The minimum absolute atomic E-state index is 0.414. The number of hydrogen-bond donors (Lipinski definition) is 2. The third-order valence-corrected chi connectivity index (χ3v) is 3.33. The molecule has 0 radical (unpaired) electrons. The first-order valence-corrected chi connectivity index (χ1v) is 5.17. The number of ether oxygens (including phenoxy) is 1. The molecule has 2 aliphatic rings. The standard InChI is InChI=1S/C11H15N3O/c12-8-2-1-3-9(10(8)13)14-4-11(5-14)6-15-7-11/h1-3H,4-7,12-13H2. The first-order valence-electron chi connectivity index (χ1n) is 5.17. The zero-order valence-electron chi connectivity index (χ0n) is 8.57. The molecule has 0 aliphatic carbocycles. The van der Waals surface area contributed by atoms with Crippen LogP contribution in [0.1, 0.15) is 0 Å². The Hall–Kier alpha value is -1.42. The molecule has 0 aromatic heterocycles. The lowest BCUT2D eigenvalue weighted by molar-refractivity contribution is -0.126. The van der Waals surface area contributed by atoms with Gasteiger partial charge in [0.15, 0.2) is 0 Å². The van der Waals surface area contributed by atoms with E-state index in [1.165, 1.54) is 0 Å². The van der Waals surface area contributed by atoms with Crippen molar-refractivity contribution in [3.63, 3.8) is 0 Å². The summed E-state index contributed by atoms with van der Waals surface area (Å²) >= 11 is 0. The lowest BCUT2D eigenvalue weighted by atomic mass is 9.77. The molecule has 4 heteroatoms. The van der Waals surface area contributed by atoms with E-state index in [2.05, 4.69) is 4.90 Å². The Balaban J connectivity index is 1.80. The van der Waals surface area contributed by atoms with E-state index in [9.17, 15) is 0 Å². The molecule has 4 nitrogen and oxygen atoms in total. The fourth-order valence-corrected chi connectivity index (χ4v) is 2.35. The van der Waals surface area contributed by atoms with Gasteiger partial charge in [-0.05, 0) is 12.1 Å². The van der Waals surface area contributed by atoms with Crippen LogP contribution in [0.15, 0.2) is 18.2 Å². The van der Waals surface area contributed by atoms with Crippen molar-refractivity contribution in [2.45, 2.75) is 0 Å². The average Bonchev–Trinajstić information content (AvgIpc) is 2.07. The molecule has 1 spiro atoms. The van der Waals surface area contributed by atoms with Gasteiger partial charge in [0.1, 0.15) is 0 Å². The molecule has 0 saturated carbocycles. The van der Waals surface area contributed by atoms with Gasteiger partial charge in [-0.1, -0.05) is 6.07 Å². The lowest BCUT2D eigenvalue weighted by Gasteiger charge is -2.56. The van der Waals surface area contributed by atoms with E-state index in [4.69, 9.17) is 16.2 Å². The molecule has 80 valence electrons. The molecular formula is C11H15N3O. The topological polar surface area (TPSA) is 64.5 Å². The predicted octanol–water partition coefficient (Wildman–Crippen LogP) is 0.688. The maximum atomic E-state index is 5.94. The Morgan fingerprint density at radius 1 is 1.20 bits per heavy atom. The van der Waals surface area contributed by atoms with Gasteiger partial charge in [0.25, 0.3) is 0 Å². The number of nitrogens with zero attached hydrogens (tertiary/aromatic N) is 1. The van der Waals surface area contributed by atoms with Gasteiger partial charge in [-0.25, -0.2) is 0 Å². The van der Waals surface area contributed by atoms with Crippen molar-refractivity contribution in [3.05, 3.63) is 18.2 Å². The van der Waals surface area contributed by atoms with E-state index in [-0.39, 0.29) is 0 Å². The zero-order chi connectivity index (χ0) is 10.5. The second-order valence-corrected chi connectivity index (χ2v) is 4.63. The van der Waals surface area contributed by atoms with Crippen molar-refractivity contribution in [3.8, 4) is 0 Å². The van der Waals surface area contributed by atoms with Crippen molar-refractivity contribution in [2.75, 3.05) is 42.7 Å². The van der Waals surface area contributed by atoms with Crippen LogP contribution in [0.5, 0.6) is 0 Å². The van der Waals surface area contributed by atoms with Crippen LogP contribution in [0, 0.1) is 5.41 Å². The van der Waals surface area contributed by atoms with Gasteiger partial charge in [0, 0.05) is 13.1 Å². The number of anilines is 3. The van der Waals surface area contributed by atoms with E-state index < -0.39 is 0 Å².